The predicted octanol–water partition coefficient (Wildman–Crippen LogP) is 2.53. The molecule has 2 aliphatic carbocycles. The summed E-state index contributed by atoms with van der Waals surface area (Å²) >= 11 is 0. The van der Waals surface area contributed by atoms with Gasteiger partial charge in [0.25, 0.3) is 5.91 Å². The van der Waals surface area contributed by atoms with Crippen LogP contribution in [0.25, 0.3) is 0 Å². The van der Waals surface area contributed by atoms with Crippen molar-refractivity contribution in [1.29, 1.82) is 0 Å². The van der Waals surface area contributed by atoms with Crippen LogP contribution in [0.4, 0.5) is 0 Å². The Balaban J connectivity index is 1.59. The van der Waals surface area contributed by atoms with Crippen LogP contribution in [0.5, 0.6) is 0 Å². The van der Waals surface area contributed by atoms with Gasteiger partial charge in [-0.1, -0.05) is 6.92 Å². The van der Waals surface area contributed by atoms with E-state index in [-0.39, 0.29) is 5.91 Å². The highest BCUT2D eigenvalue weighted by Gasteiger charge is 2.33. The van der Waals surface area contributed by atoms with Crippen molar-refractivity contribution in [3.8, 4) is 0 Å². The molecule has 0 bridgehead atoms. The van der Waals surface area contributed by atoms with Crippen LogP contribution in [0.3, 0.4) is 0 Å². The van der Waals surface area contributed by atoms with E-state index in [1.807, 2.05) is 4.90 Å². The second kappa shape index (κ2) is 6.87. The van der Waals surface area contributed by atoms with Crippen molar-refractivity contribution in [3.63, 3.8) is 0 Å². The standard InChI is InChI=1S/C19H30N4O/c1-2-10-23-17-9-8-15(20-14-6-7-14)13-16(17)18(21-23)19(24)22-11-4-3-5-12-22/h14-15,20H,2-13H2,1H3. The van der Waals surface area contributed by atoms with Crippen LogP contribution in [0.15, 0.2) is 0 Å². The van der Waals surface area contributed by atoms with Gasteiger partial charge in [-0.3, -0.25) is 9.48 Å². The number of nitrogens with zero attached hydrogens (tertiary/aromatic N) is 3. The summed E-state index contributed by atoms with van der Waals surface area (Å²) in [7, 11) is 0. The number of hydrogen-bond acceptors (Lipinski definition) is 3. The molecule has 2 fully saturated rings. The van der Waals surface area contributed by atoms with Crippen molar-refractivity contribution in [3.05, 3.63) is 17.0 Å². The minimum absolute atomic E-state index is 0.174. The molecule has 0 spiro atoms. The zero-order chi connectivity index (χ0) is 16.5. The zero-order valence-corrected chi connectivity index (χ0v) is 14.9. The van der Waals surface area contributed by atoms with Crippen molar-refractivity contribution in [2.75, 3.05) is 13.1 Å². The smallest absolute Gasteiger partial charge is 0.274 e. The van der Waals surface area contributed by atoms with E-state index in [1.165, 1.54) is 36.9 Å². The topological polar surface area (TPSA) is 50.2 Å². The molecule has 1 amide bonds. The lowest BCUT2D eigenvalue weighted by Gasteiger charge is -2.27. The number of carbonyl (C=O) groups is 1. The van der Waals surface area contributed by atoms with Crippen molar-refractivity contribution in [2.24, 2.45) is 0 Å². The average molecular weight is 330 g/mol. The van der Waals surface area contributed by atoms with Crippen LogP contribution in [-0.2, 0) is 19.4 Å². The van der Waals surface area contributed by atoms with E-state index in [4.69, 9.17) is 5.10 Å². The molecule has 5 nitrogen and oxygen atoms in total. The highest BCUT2D eigenvalue weighted by Crippen LogP contribution is 2.29. The Kier molecular flexibility index (Phi) is 4.61. The lowest BCUT2D eigenvalue weighted by Crippen LogP contribution is -2.38. The van der Waals surface area contributed by atoms with Gasteiger partial charge in [0.05, 0.1) is 0 Å². The molecule has 1 saturated carbocycles. The lowest BCUT2D eigenvalue weighted by molar-refractivity contribution is 0.0716. The van der Waals surface area contributed by atoms with Crippen molar-refractivity contribution >= 4 is 5.91 Å². The molecule has 2 heterocycles. The largest absolute Gasteiger partial charge is 0.337 e. The van der Waals surface area contributed by atoms with Crippen LogP contribution < -0.4 is 5.32 Å². The highest BCUT2D eigenvalue weighted by molar-refractivity contribution is 5.94. The SMILES string of the molecule is CCCn1nc(C(=O)N2CCCCC2)c2c1CCC(NC1CC1)C2. The Labute approximate surface area is 144 Å². The first-order valence-corrected chi connectivity index (χ1v) is 9.90. The van der Waals surface area contributed by atoms with Gasteiger partial charge in [-0.2, -0.15) is 5.10 Å². The van der Waals surface area contributed by atoms with Crippen LogP contribution in [0.1, 0.15) is 73.6 Å². The fourth-order valence-electron chi connectivity index (χ4n) is 4.23. The molecule has 24 heavy (non-hydrogen) atoms. The molecule has 1 aromatic rings. The Morgan fingerprint density at radius 1 is 1.17 bits per heavy atom. The number of aryl methyl sites for hydroxylation is 1. The molecule has 4 rings (SSSR count). The number of piperidine rings is 1. The summed E-state index contributed by atoms with van der Waals surface area (Å²) in [6.07, 6.45) is 10.4. The van der Waals surface area contributed by atoms with Gasteiger partial charge in [0.1, 0.15) is 0 Å². The van der Waals surface area contributed by atoms with E-state index in [9.17, 15) is 4.79 Å². The molecule has 1 saturated heterocycles. The first-order chi connectivity index (χ1) is 11.8. The molecule has 132 valence electrons. The maximum atomic E-state index is 13.1. The third-order valence-electron chi connectivity index (χ3n) is 5.68. The molecule has 0 aromatic carbocycles. The second-order valence-electron chi connectivity index (χ2n) is 7.73. The molecule has 0 radical (unpaired) electrons. The highest BCUT2D eigenvalue weighted by atomic mass is 16.2. The molecule has 5 heteroatoms. The van der Waals surface area contributed by atoms with Gasteiger partial charge in [0, 0.05) is 43.0 Å². The van der Waals surface area contributed by atoms with Gasteiger partial charge < -0.3 is 10.2 Å². The summed E-state index contributed by atoms with van der Waals surface area (Å²) in [4.78, 5) is 15.1. The molecular weight excluding hydrogens is 300 g/mol. The van der Waals surface area contributed by atoms with Crippen LogP contribution >= 0.6 is 0 Å². The van der Waals surface area contributed by atoms with E-state index in [0.29, 0.717) is 6.04 Å². The fourth-order valence-corrected chi connectivity index (χ4v) is 4.23. The quantitative estimate of drug-likeness (QED) is 0.902. The lowest BCUT2D eigenvalue weighted by atomic mass is 9.90. The van der Waals surface area contributed by atoms with Gasteiger partial charge in [-0.25, -0.2) is 0 Å². The molecule has 1 aromatic heterocycles. The summed E-state index contributed by atoms with van der Waals surface area (Å²) in [5.41, 5.74) is 3.32. The first kappa shape index (κ1) is 16.1. The summed E-state index contributed by atoms with van der Waals surface area (Å²) in [6.45, 7) is 4.91. The minimum atomic E-state index is 0.174. The maximum absolute atomic E-state index is 13.1. The number of nitrogens with one attached hydrogen (secondary N) is 1. The van der Waals surface area contributed by atoms with Crippen LogP contribution in [-0.4, -0.2) is 45.8 Å². The van der Waals surface area contributed by atoms with E-state index in [2.05, 4.69) is 16.9 Å². The van der Waals surface area contributed by atoms with Crippen molar-refractivity contribution in [2.45, 2.75) is 83.3 Å². The molecule has 1 atom stereocenters. The van der Waals surface area contributed by atoms with Crippen molar-refractivity contribution < 1.29 is 4.79 Å². The summed E-state index contributed by atoms with van der Waals surface area (Å²) < 4.78 is 2.12. The predicted molar refractivity (Wildman–Crippen MR) is 94.2 cm³/mol. The Morgan fingerprint density at radius 2 is 1.96 bits per heavy atom. The van der Waals surface area contributed by atoms with Gasteiger partial charge >= 0.3 is 0 Å². The number of hydrogen-bond donors (Lipinski definition) is 1. The molecular formula is C19H30N4O. The first-order valence-electron chi connectivity index (χ1n) is 9.90. The number of likely N-dealkylation sites (tertiary alicyclic amines) is 1. The molecule has 1 unspecified atom stereocenters. The molecule has 1 N–H and O–H groups in total. The van der Waals surface area contributed by atoms with Crippen molar-refractivity contribution in [1.82, 2.24) is 20.0 Å². The fraction of sp³-hybridized carbons (Fsp3) is 0.789. The third-order valence-corrected chi connectivity index (χ3v) is 5.68. The number of aromatic nitrogens is 2. The average Bonchev–Trinajstić information content (AvgIpc) is 3.36. The molecule has 3 aliphatic rings. The monoisotopic (exact) mass is 330 g/mol. The minimum Gasteiger partial charge on any atom is -0.337 e. The Hall–Kier alpha value is -1.36. The van der Waals surface area contributed by atoms with E-state index in [1.54, 1.807) is 0 Å². The normalized spacial score (nSPS) is 24.0. The zero-order valence-electron chi connectivity index (χ0n) is 14.9. The van der Waals surface area contributed by atoms with E-state index >= 15 is 0 Å². The number of carbonyl (C=O) groups excluding carboxylic acids is 1. The summed E-state index contributed by atoms with van der Waals surface area (Å²) in [5, 5.41) is 8.54. The number of fused-ring (bicyclic) bond motifs is 1. The van der Waals surface area contributed by atoms with Crippen LogP contribution in [0.2, 0.25) is 0 Å². The van der Waals surface area contributed by atoms with Gasteiger partial charge in [0.2, 0.25) is 0 Å². The molecule has 1 aliphatic heterocycles. The van der Waals surface area contributed by atoms with E-state index in [0.717, 1.165) is 63.5 Å². The third kappa shape index (κ3) is 3.23. The Bertz CT molecular complexity index is 599. The summed E-state index contributed by atoms with van der Waals surface area (Å²) in [6, 6.07) is 1.25. The van der Waals surface area contributed by atoms with Crippen LogP contribution in [0, 0.1) is 0 Å². The number of rotatable bonds is 5. The van der Waals surface area contributed by atoms with Gasteiger partial charge in [-0.05, 0) is 57.8 Å². The number of amides is 1. The van der Waals surface area contributed by atoms with Gasteiger partial charge in [0.15, 0.2) is 5.69 Å². The Morgan fingerprint density at radius 3 is 2.67 bits per heavy atom. The van der Waals surface area contributed by atoms with E-state index < -0.39 is 0 Å². The van der Waals surface area contributed by atoms with Gasteiger partial charge in [-0.15, -0.1) is 0 Å². The second-order valence-corrected chi connectivity index (χ2v) is 7.73. The summed E-state index contributed by atoms with van der Waals surface area (Å²) in [5.74, 6) is 0.174. The maximum Gasteiger partial charge on any atom is 0.274 e.